The molecule has 0 saturated carbocycles. The number of methoxy groups -OCH3 is 1. The van der Waals surface area contributed by atoms with Gasteiger partial charge in [-0.25, -0.2) is 4.79 Å². The molecule has 0 saturated heterocycles. The van der Waals surface area contributed by atoms with Gasteiger partial charge >= 0.3 is 5.69 Å². The number of para-hydroxylation sites is 1. The standard InChI is InChI=1S/C21H23N3O4/c1-28-14-13-23(15-16-7-3-2-4-8-16)19(25)11-12-24-18-10-6-5-9-17(18)20(26)22-21(24)27/h2-10H,11-15H2,1H3,(H,22,26,27). The van der Waals surface area contributed by atoms with Crippen LogP contribution in [0.25, 0.3) is 10.9 Å². The molecule has 3 aromatic rings. The number of nitrogens with zero attached hydrogens (tertiary/aromatic N) is 2. The normalized spacial score (nSPS) is 10.9. The van der Waals surface area contributed by atoms with Crippen molar-refractivity contribution in [3.05, 3.63) is 81.0 Å². The van der Waals surface area contributed by atoms with E-state index in [0.717, 1.165) is 5.56 Å². The Kier molecular flexibility index (Phi) is 6.39. The number of carbonyl (C=O) groups is 1. The van der Waals surface area contributed by atoms with E-state index in [2.05, 4.69) is 4.98 Å². The number of fused-ring (bicyclic) bond motifs is 1. The highest BCUT2D eigenvalue weighted by Gasteiger charge is 2.15. The van der Waals surface area contributed by atoms with E-state index in [0.29, 0.717) is 30.6 Å². The van der Waals surface area contributed by atoms with Crippen LogP contribution in [0.15, 0.2) is 64.2 Å². The molecule has 1 amide bonds. The molecule has 7 heteroatoms. The topological polar surface area (TPSA) is 84.4 Å². The van der Waals surface area contributed by atoms with Gasteiger partial charge in [-0.05, 0) is 17.7 Å². The number of hydrogen-bond acceptors (Lipinski definition) is 4. The van der Waals surface area contributed by atoms with E-state index in [1.165, 1.54) is 4.57 Å². The van der Waals surface area contributed by atoms with Gasteiger partial charge in [0.25, 0.3) is 5.56 Å². The van der Waals surface area contributed by atoms with Crippen LogP contribution < -0.4 is 11.2 Å². The van der Waals surface area contributed by atoms with Crippen molar-refractivity contribution in [2.45, 2.75) is 19.5 Å². The molecule has 3 rings (SSSR count). The van der Waals surface area contributed by atoms with Gasteiger partial charge in [-0.2, -0.15) is 0 Å². The summed E-state index contributed by atoms with van der Waals surface area (Å²) in [6.45, 7) is 1.56. The smallest absolute Gasteiger partial charge is 0.328 e. The predicted octanol–water partition coefficient (Wildman–Crippen LogP) is 1.76. The molecular weight excluding hydrogens is 358 g/mol. The second-order valence-electron chi connectivity index (χ2n) is 6.47. The van der Waals surface area contributed by atoms with Crippen molar-refractivity contribution in [1.29, 1.82) is 0 Å². The Morgan fingerprint density at radius 2 is 1.79 bits per heavy atom. The molecule has 0 aliphatic carbocycles. The summed E-state index contributed by atoms with van der Waals surface area (Å²) in [7, 11) is 1.59. The van der Waals surface area contributed by atoms with E-state index in [4.69, 9.17) is 4.74 Å². The first-order valence-electron chi connectivity index (χ1n) is 9.12. The number of benzene rings is 2. The fraction of sp³-hybridized carbons (Fsp3) is 0.286. The Balaban J connectivity index is 1.78. The van der Waals surface area contributed by atoms with Crippen LogP contribution in [-0.4, -0.2) is 40.6 Å². The number of rotatable bonds is 8. The van der Waals surface area contributed by atoms with Gasteiger partial charge < -0.3 is 9.64 Å². The lowest BCUT2D eigenvalue weighted by Crippen LogP contribution is -2.36. The third-order valence-corrected chi connectivity index (χ3v) is 4.59. The molecule has 146 valence electrons. The number of aromatic nitrogens is 2. The van der Waals surface area contributed by atoms with Gasteiger partial charge in [-0.15, -0.1) is 0 Å². The van der Waals surface area contributed by atoms with E-state index >= 15 is 0 Å². The second-order valence-corrected chi connectivity index (χ2v) is 6.47. The summed E-state index contributed by atoms with van der Waals surface area (Å²) in [6, 6.07) is 16.6. The van der Waals surface area contributed by atoms with Crippen molar-refractivity contribution in [3.63, 3.8) is 0 Å². The monoisotopic (exact) mass is 381 g/mol. The Morgan fingerprint density at radius 1 is 1.07 bits per heavy atom. The summed E-state index contributed by atoms with van der Waals surface area (Å²) in [4.78, 5) is 41.1. The molecule has 0 atom stereocenters. The maximum Gasteiger partial charge on any atom is 0.328 e. The van der Waals surface area contributed by atoms with Crippen LogP contribution >= 0.6 is 0 Å². The van der Waals surface area contributed by atoms with Crippen LogP contribution in [0.1, 0.15) is 12.0 Å². The summed E-state index contributed by atoms with van der Waals surface area (Å²) >= 11 is 0. The molecule has 0 aliphatic heterocycles. The van der Waals surface area contributed by atoms with Crippen molar-refractivity contribution in [1.82, 2.24) is 14.5 Å². The molecule has 7 nitrogen and oxygen atoms in total. The summed E-state index contributed by atoms with van der Waals surface area (Å²) in [6.07, 6.45) is 0.145. The molecule has 0 fully saturated rings. The quantitative estimate of drug-likeness (QED) is 0.644. The Bertz CT molecular complexity index is 1060. The van der Waals surface area contributed by atoms with Gasteiger partial charge in [0, 0.05) is 33.2 Å². The van der Waals surface area contributed by atoms with Crippen molar-refractivity contribution in [2.24, 2.45) is 0 Å². The fourth-order valence-corrected chi connectivity index (χ4v) is 3.13. The number of carbonyl (C=O) groups excluding carboxylic acids is 1. The van der Waals surface area contributed by atoms with Gasteiger partial charge in [0.15, 0.2) is 0 Å². The largest absolute Gasteiger partial charge is 0.383 e. The summed E-state index contributed by atoms with van der Waals surface area (Å²) in [5, 5.41) is 0.426. The maximum atomic E-state index is 12.8. The number of aryl methyl sites for hydroxylation is 1. The number of amides is 1. The molecule has 1 aromatic heterocycles. The van der Waals surface area contributed by atoms with Crippen LogP contribution in [-0.2, 0) is 22.6 Å². The van der Waals surface area contributed by atoms with E-state index in [9.17, 15) is 14.4 Å². The zero-order chi connectivity index (χ0) is 19.9. The zero-order valence-electron chi connectivity index (χ0n) is 15.8. The van der Waals surface area contributed by atoms with Gasteiger partial charge in [-0.3, -0.25) is 19.1 Å². The minimum Gasteiger partial charge on any atom is -0.383 e. The van der Waals surface area contributed by atoms with Crippen LogP contribution in [0.4, 0.5) is 0 Å². The third kappa shape index (κ3) is 4.55. The summed E-state index contributed by atoms with van der Waals surface area (Å²) in [5.41, 5.74) is 0.617. The highest BCUT2D eigenvalue weighted by molar-refractivity contribution is 5.79. The van der Waals surface area contributed by atoms with Crippen LogP contribution in [0.3, 0.4) is 0 Å². The first-order chi connectivity index (χ1) is 13.6. The minimum absolute atomic E-state index is 0.0805. The van der Waals surface area contributed by atoms with Crippen LogP contribution in [0, 0.1) is 0 Å². The molecule has 0 spiro atoms. The van der Waals surface area contributed by atoms with Crippen LogP contribution in [0.2, 0.25) is 0 Å². The lowest BCUT2D eigenvalue weighted by atomic mass is 10.2. The second kappa shape index (κ2) is 9.14. The summed E-state index contributed by atoms with van der Waals surface area (Å²) < 4.78 is 6.56. The Morgan fingerprint density at radius 3 is 2.54 bits per heavy atom. The SMILES string of the molecule is COCCN(Cc1ccccc1)C(=O)CCn1c(=O)[nH]c(=O)c2ccccc21. The minimum atomic E-state index is -0.511. The molecule has 0 aliphatic rings. The van der Waals surface area contributed by atoms with Crippen molar-refractivity contribution in [3.8, 4) is 0 Å². The van der Waals surface area contributed by atoms with E-state index < -0.39 is 11.2 Å². The number of aromatic amines is 1. The lowest BCUT2D eigenvalue weighted by Gasteiger charge is -2.23. The highest BCUT2D eigenvalue weighted by atomic mass is 16.5. The van der Waals surface area contributed by atoms with Crippen molar-refractivity contribution < 1.29 is 9.53 Å². The van der Waals surface area contributed by atoms with Crippen molar-refractivity contribution >= 4 is 16.8 Å². The average molecular weight is 381 g/mol. The lowest BCUT2D eigenvalue weighted by molar-refractivity contribution is -0.132. The maximum absolute atomic E-state index is 12.8. The molecule has 0 unspecified atom stereocenters. The van der Waals surface area contributed by atoms with Gasteiger partial charge in [0.05, 0.1) is 17.5 Å². The summed E-state index contributed by atoms with van der Waals surface area (Å²) in [5.74, 6) is -0.0805. The number of H-pyrrole nitrogens is 1. The number of hydrogen-bond donors (Lipinski definition) is 1. The van der Waals surface area contributed by atoms with Crippen molar-refractivity contribution in [2.75, 3.05) is 20.3 Å². The zero-order valence-corrected chi connectivity index (χ0v) is 15.8. The molecule has 0 bridgehead atoms. The van der Waals surface area contributed by atoms with Gasteiger partial charge in [0.2, 0.25) is 5.91 Å². The first kappa shape index (κ1) is 19.6. The number of nitrogens with one attached hydrogen (secondary N) is 1. The average Bonchev–Trinajstić information content (AvgIpc) is 2.71. The highest BCUT2D eigenvalue weighted by Crippen LogP contribution is 2.10. The van der Waals surface area contributed by atoms with E-state index in [1.54, 1.807) is 36.3 Å². The Hall–Kier alpha value is -3.19. The Labute approximate surface area is 162 Å². The fourth-order valence-electron chi connectivity index (χ4n) is 3.13. The molecule has 2 aromatic carbocycles. The molecule has 0 radical (unpaired) electrons. The third-order valence-electron chi connectivity index (χ3n) is 4.59. The van der Waals surface area contributed by atoms with Gasteiger partial charge in [0.1, 0.15) is 0 Å². The number of ether oxygens (including phenoxy) is 1. The molecule has 1 N–H and O–H groups in total. The van der Waals surface area contributed by atoms with Gasteiger partial charge in [-0.1, -0.05) is 42.5 Å². The van der Waals surface area contributed by atoms with Crippen LogP contribution in [0.5, 0.6) is 0 Å². The van der Waals surface area contributed by atoms with E-state index in [-0.39, 0.29) is 18.9 Å². The van der Waals surface area contributed by atoms with E-state index in [1.807, 2.05) is 30.3 Å². The molecular formula is C21H23N3O4. The predicted molar refractivity (Wildman–Crippen MR) is 107 cm³/mol. The molecule has 1 heterocycles. The molecule has 28 heavy (non-hydrogen) atoms. The first-order valence-corrected chi connectivity index (χ1v) is 9.12.